The monoisotopic (exact) mass is 467 g/mol. The van der Waals surface area contributed by atoms with Gasteiger partial charge in [0.2, 0.25) is 0 Å². The van der Waals surface area contributed by atoms with Crippen LogP contribution in [0.1, 0.15) is 41.3 Å². The third-order valence-corrected chi connectivity index (χ3v) is 7.39. The van der Waals surface area contributed by atoms with Crippen LogP contribution < -0.4 is 0 Å². The van der Waals surface area contributed by atoms with Crippen molar-refractivity contribution in [2.45, 2.75) is 31.4 Å². The largest absolute Gasteiger partial charge is 0.384 e. The van der Waals surface area contributed by atoms with Crippen LogP contribution in [-0.2, 0) is 5.60 Å². The molecule has 2 saturated heterocycles. The zero-order chi connectivity index (χ0) is 23.2. The van der Waals surface area contributed by atoms with Crippen molar-refractivity contribution in [2.24, 2.45) is 4.99 Å². The number of halogens is 2. The van der Waals surface area contributed by atoms with E-state index in [4.69, 9.17) is 11.6 Å². The van der Waals surface area contributed by atoms with Crippen molar-refractivity contribution in [3.05, 3.63) is 81.6 Å². The molecule has 2 aromatic rings. The van der Waals surface area contributed by atoms with Gasteiger partial charge in [-0.15, -0.1) is 0 Å². The molecule has 3 heterocycles. The molecule has 1 N–H and O–H groups in total. The van der Waals surface area contributed by atoms with E-state index in [1.54, 1.807) is 35.2 Å². The molecular formula is C26H27ClFN3O2. The average molecular weight is 468 g/mol. The van der Waals surface area contributed by atoms with Crippen molar-refractivity contribution in [1.29, 1.82) is 0 Å². The minimum Gasteiger partial charge on any atom is -0.384 e. The van der Waals surface area contributed by atoms with Crippen LogP contribution in [0.25, 0.3) is 0 Å². The van der Waals surface area contributed by atoms with Gasteiger partial charge in [-0.05, 0) is 55.2 Å². The molecule has 2 aromatic carbocycles. The molecule has 0 spiro atoms. The molecule has 0 saturated carbocycles. The number of rotatable bonds is 3. The first-order chi connectivity index (χ1) is 15.9. The maximum absolute atomic E-state index is 15.3. The van der Waals surface area contributed by atoms with Gasteiger partial charge in [-0.25, -0.2) is 4.39 Å². The molecular weight excluding hydrogens is 441 g/mol. The number of hydrogen-bond donors (Lipinski definition) is 1. The smallest absolute Gasteiger partial charge is 0.256 e. The van der Waals surface area contributed by atoms with Gasteiger partial charge in [0.25, 0.3) is 5.91 Å². The maximum Gasteiger partial charge on any atom is 0.256 e. The van der Waals surface area contributed by atoms with E-state index >= 15 is 4.39 Å². The first-order valence-electron chi connectivity index (χ1n) is 11.4. The summed E-state index contributed by atoms with van der Waals surface area (Å²) in [6.07, 6.45) is 3.32. The third kappa shape index (κ3) is 4.12. The Morgan fingerprint density at radius 1 is 1.21 bits per heavy atom. The third-order valence-electron chi connectivity index (χ3n) is 7.13. The van der Waals surface area contributed by atoms with E-state index in [-0.39, 0.29) is 17.5 Å². The van der Waals surface area contributed by atoms with Gasteiger partial charge in [0.15, 0.2) is 0 Å². The van der Waals surface area contributed by atoms with Gasteiger partial charge in [-0.2, -0.15) is 0 Å². The summed E-state index contributed by atoms with van der Waals surface area (Å²) in [7, 11) is 0. The Kier molecular flexibility index (Phi) is 5.85. The first kappa shape index (κ1) is 22.3. The predicted octanol–water partition coefficient (Wildman–Crippen LogP) is 4.04. The van der Waals surface area contributed by atoms with Crippen molar-refractivity contribution in [3.63, 3.8) is 0 Å². The second-order valence-corrected chi connectivity index (χ2v) is 9.63. The molecule has 2 atom stereocenters. The molecule has 0 radical (unpaired) electrons. The fourth-order valence-corrected chi connectivity index (χ4v) is 5.34. The average Bonchev–Trinajstić information content (AvgIpc) is 3.24. The molecule has 33 heavy (non-hydrogen) atoms. The summed E-state index contributed by atoms with van der Waals surface area (Å²) >= 11 is 6.00. The summed E-state index contributed by atoms with van der Waals surface area (Å²) in [5, 5.41) is 11.9. The highest BCUT2D eigenvalue weighted by molar-refractivity contribution is 6.30. The molecule has 3 aliphatic heterocycles. The van der Waals surface area contributed by atoms with Crippen LogP contribution in [0.15, 0.2) is 59.1 Å². The number of nitrogens with zero attached hydrogens (tertiary/aromatic N) is 3. The Labute approximate surface area is 198 Å². The molecule has 172 valence electrons. The summed E-state index contributed by atoms with van der Waals surface area (Å²) in [5.74, 6) is -0.785. The van der Waals surface area contributed by atoms with E-state index in [1.807, 2.05) is 25.1 Å². The summed E-state index contributed by atoms with van der Waals surface area (Å²) in [5.41, 5.74) is 1.97. The number of aliphatic hydroxyl groups is 1. The number of fused-ring (bicyclic) bond motifs is 1. The number of carbonyl (C=O) groups excluding carboxylic acids is 1. The van der Waals surface area contributed by atoms with Crippen molar-refractivity contribution < 1.29 is 14.3 Å². The normalized spacial score (nSPS) is 25.5. The van der Waals surface area contributed by atoms with Crippen LogP contribution in [0.5, 0.6) is 0 Å². The highest BCUT2D eigenvalue weighted by Gasteiger charge is 2.42. The number of aliphatic imine (C=N–C) groups is 1. The Balaban J connectivity index is 1.30. The molecule has 0 bridgehead atoms. The topological polar surface area (TPSA) is 56.1 Å². The van der Waals surface area contributed by atoms with Crippen LogP contribution in [0.2, 0.25) is 5.02 Å². The Morgan fingerprint density at radius 2 is 2.00 bits per heavy atom. The molecule has 0 aromatic heterocycles. The van der Waals surface area contributed by atoms with Crippen LogP contribution in [0.4, 0.5) is 4.39 Å². The number of benzene rings is 2. The van der Waals surface area contributed by atoms with E-state index in [2.05, 4.69) is 9.89 Å². The Morgan fingerprint density at radius 3 is 2.73 bits per heavy atom. The molecule has 7 heteroatoms. The lowest BCUT2D eigenvalue weighted by atomic mass is 9.82. The molecule has 0 aliphatic carbocycles. The molecule has 2 fully saturated rings. The molecule has 5 nitrogen and oxygen atoms in total. The van der Waals surface area contributed by atoms with E-state index in [0.29, 0.717) is 55.4 Å². The van der Waals surface area contributed by atoms with E-state index in [1.165, 1.54) is 0 Å². The van der Waals surface area contributed by atoms with Gasteiger partial charge in [-0.3, -0.25) is 14.7 Å². The minimum atomic E-state index is -0.929. The standard InChI is InChI=1S/C26H27ClFN3O2/c1-17-10-12-29-24(17)21-3-2-4-22(23(21)28)25(32)30-13-14-31-16-26(33,11-9-20(31)15-30)18-5-7-19(27)8-6-18/h2-8,10,20,33H,9,11-16H2,1H3/t20-,26-/m1/s1. The van der Waals surface area contributed by atoms with Gasteiger partial charge in [-0.1, -0.05) is 35.9 Å². The molecule has 0 unspecified atom stereocenters. The number of allylic oxidation sites excluding steroid dienone is 1. The van der Waals surface area contributed by atoms with Crippen LogP contribution in [0, 0.1) is 5.82 Å². The number of piperidine rings is 1. The van der Waals surface area contributed by atoms with Crippen LogP contribution in [-0.4, -0.2) is 65.3 Å². The highest BCUT2D eigenvalue weighted by Crippen LogP contribution is 2.36. The van der Waals surface area contributed by atoms with E-state index in [9.17, 15) is 9.90 Å². The minimum absolute atomic E-state index is 0.0943. The Hall–Kier alpha value is -2.54. The fraction of sp³-hybridized carbons (Fsp3) is 0.385. The lowest BCUT2D eigenvalue weighted by molar-refractivity contribution is -0.0740. The lowest BCUT2D eigenvalue weighted by Gasteiger charge is -2.49. The lowest BCUT2D eigenvalue weighted by Crippen LogP contribution is -2.60. The van der Waals surface area contributed by atoms with Gasteiger partial charge >= 0.3 is 0 Å². The van der Waals surface area contributed by atoms with Gasteiger partial charge < -0.3 is 10.0 Å². The van der Waals surface area contributed by atoms with E-state index < -0.39 is 11.4 Å². The van der Waals surface area contributed by atoms with Gasteiger partial charge in [0.1, 0.15) is 11.4 Å². The SMILES string of the molecule is CC1=CCN=C1c1cccc(C(=O)N2CCN3C[C@@](O)(c4ccc(Cl)cc4)CC[C@@H]3C2)c1F. The highest BCUT2D eigenvalue weighted by atomic mass is 35.5. The zero-order valence-electron chi connectivity index (χ0n) is 18.6. The van der Waals surface area contributed by atoms with Crippen molar-refractivity contribution in [3.8, 4) is 0 Å². The number of amides is 1. The fourth-order valence-electron chi connectivity index (χ4n) is 5.22. The quantitative estimate of drug-likeness (QED) is 0.741. The van der Waals surface area contributed by atoms with Crippen molar-refractivity contribution in [2.75, 3.05) is 32.7 Å². The number of carbonyl (C=O) groups is 1. The Bertz CT molecular complexity index is 1150. The van der Waals surface area contributed by atoms with Crippen LogP contribution in [0.3, 0.4) is 0 Å². The summed E-state index contributed by atoms with van der Waals surface area (Å²) in [4.78, 5) is 21.6. The molecule has 3 aliphatic rings. The zero-order valence-corrected chi connectivity index (χ0v) is 19.4. The summed E-state index contributed by atoms with van der Waals surface area (Å²) in [6.45, 7) is 4.63. The molecule has 1 amide bonds. The van der Waals surface area contributed by atoms with Crippen molar-refractivity contribution in [1.82, 2.24) is 9.80 Å². The summed E-state index contributed by atoms with van der Waals surface area (Å²) in [6, 6.07) is 12.5. The number of piperazine rings is 1. The second-order valence-electron chi connectivity index (χ2n) is 9.20. The maximum atomic E-state index is 15.3. The van der Waals surface area contributed by atoms with E-state index in [0.717, 1.165) is 17.6 Å². The van der Waals surface area contributed by atoms with Crippen molar-refractivity contribution >= 4 is 23.2 Å². The van der Waals surface area contributed by atoms with Crippen LogP contribution >= 0.6 is 11.6 Å². The predicted molar refractivity (Wildman–Crippen MR) is 127 cm³/mol. The second kappa shape index (κ2) is 8.67. The van der Waals surface area contributed by atoms with Gasteiger partial charge in [0, 0.05) is 42.8 Å². The number of hydrogen-bond acceptors (Lipinski definition) is 4. The first-order valence-corrected chi connectivity index (χ1v) is 11.8. The molecule has 5 rings (SSSR count). The van der Waals surface area contributed by atoms with Gasteiger partial charge in [0.05, 0.1) is 17.8 Å². The summed E-state index contributed by atoms with van der Waals surface area (Å²) < 4.78 is 15.3.